The number of aryl methyl sites for hydroxylation is 1. The summed E-state index contributed by atoms with van der Waals surface area (Å²) in [6, 6.07) is 1.59. The van der Waals surface area contributed by atoms with Crippen molar-refractivity contribution in [3.05, 3.63) is 16.5 Å². The van der Waals surface area contributed by atoms with Crippen molar-refractivity contribution in [2.75, 3.05) is 5.32 Å². The van der Waals surface area contributed by atoms with Gasteiger partial charge in [0.2, 0.25) is 5.91 Å². The van der Waals surface area contributed by atoms with Crippen LogP contribution in [0.3, 0.4) is 0 Å². The van der Waals surface area contributed by atoms with Gasteiger partial charge in [-0.15, -0.1) is 11.3 Å². The highest BCUT2D eigenvalue weighted by Crippen LogP contribution is 2.27. The molecular weight excluding hydrogens is 286 g/mol. The van der Waals surface area contributed by atoms with Crippen LogP contribution in [0, 0.1) is 6.92 Å². The molecule has 0 spiro atoms. The first-order valence-electron chi connectivity index (χ1n) is 7.68. The lowest BCUT2D eigenvalue weighted by Gasteiger charge is -2.04. The Hall–Kier alpha value is -1.36. The predicted molar refractivity (Wildman–Crippen MR) is 87.3 cm³/mol. The molecule has 4 nitrogen and oxygen atoms in total. The van der Waals surface area contributed by atoms with Gasteiger partial charge in [0.05, 0.1) is 5.56 Å². The molecule has 0 aromatic carbocycles. The zero-order valence-electron chi connectivity index (χ0n) is 12.9. The van der Waals surface area contributed by atoms with Gasteiger partial charge in [0.15, 0.2) is 0 Å². The van der Waals surface area contributed by atoms with E-state index in [0.717, 1.165) is 17.7 Å². The maximum absolute atomic E-state index is 11.8. The third-order valence-corrected chi connectivity index (χ3v) is 4.31. The summed E-state index contributed by atoms with van der Waals surface area (Å²) in [7, 11) is 0. The van der Waals surface area contributed by atoms with Crippen molar-refractivity contribution < 1.29 is 14.7 Å². The summed E-state index contributed by atoms with van der Waals surface area (Å²) < 4.78 is 0. The summed E-state index contributed by atoms with van der Waals surface area (Å²) in [6.45, 7) is 4.03. The van der Waals surface area contributed by atoms with Crippen molar-refractivity contribution in [1.29, 1.82) is 0 Å². The van der Waals surface area contributed by atoms with Gasteiger partial charge in [0.25, 0.3) is 0 Å². The van der Waals surface area contributed by atoms with Crippen molar-refractivity contribution >= 4 is 28.2 Å². The van der Waals surface area contributed by atoms with Gasteiger partial charge in [0, 0.05) is 11.3 Å². The average Bonchev–Trinajstić information content (AvgIpc) is 2.78. The first-order chi connectivity index (χ1) is 10.0. The molecule has 0 bridgehead atoms. The van der Waals surface area contributed by atoms with Crippen molar-refractivity contribution in [3.8, 4) is 0 Å². The average molecular weight is 311 g/mol. The first-order valence-corrected chi connectivity index (χ1v) is 8.49. The van der Waals surface area contributed by atoms with Gasteiger partial charge in [-0.25, -0.2) is 4.79 Å². The Balaban J connectivity index is 2.26. The van der Waals surface area contributed by atoms with E-state index in [4.69, 9.17) is 5.11 Å². The molecule has 2 N–H and O–H groups in total. The zero-order valence-corrected chi connectivity index (χ0v) is 13.7. The van der Waals surface area contributed by atoms with Crippen LogP contribution >= 0.6 is 11.3 Å². The molecule has 0 radical (unpaired) electrons. The number of unbranched alkanes of at least 4 members (excludes halogenated alkanes) is 6. The second-order valence-electron chi connectivity index (χ2n) is 5.32. The van der Waals surface area contributed by atoms with Crippen molar-refractivity contribution in [2.45, 2.75) is 65.2 Å². The molecule has 1 heterocycles. The van der Waals surface area contributed by atoms with Crippen molar-refractivity contribution in [1.82, 2.24) is 0 Å². The van der Waals surface area contributed by atoms with Gasteiger partial charge in [-0.1, -0.05) is 45.4 Å². The molecule has 1 amide bonds. The summed E-state index contributed by atoms with van der Waals surface area (Å²) >= 11 is 1.31. The van der Waals surface area contributed by atoms with E-state index in [0.29, 0.717) is 11.4 Å². The van der Waals surface area contributed by atoms with E-state index < -0.39 is 5.97 Å². The highest BCUT2D eigenvalue weighted by atomic mass is 32.1. The van der Waals surface area contributed by atoms with Crippen LogP contribution in [0.4, 0.5) is 5.00 Å². The SMILES string of the molecule is CCCCCCCCCC(=O)Nc1sc(C)cc1C(=O)O. The molecule has 5 heteroatoms. The lowest BCUT2D eigenvalue weighted by Crippen LogP contribution is -2.12. The van der Waals surface area contributed by atoms with E-state index in [-0.39, 0.29) is 11.5 Å². The predicted octanol–water partition coefficient (Wildman–Crippen LogP) is 4.83. The van der Waals surface area contributed by atoms with Gasteiger partial charge < -0.3 is 10.4 Å². The smallest absolute Gasteiger partial charge is 0.338 e. The van der Waals surface area contributed by atoms with Crippen LogP contribution in [0.15, 0.2) is 6.07 Å². The topological polar surface area (TPSA) is 66.4 Å². The Kier molecular flexibility index (Phi) is 8.05. The number of amides is 1. The normalized spacial score (nSPS) is 10.6. The molecular formula is C16H25NO3S. The fourth-order valence-corrected chi connectivity index (χ4v) is 3.12. The lowest BCUT2D eigenvalue weighted by atomic mass is 10.1. The van der Waals surface area contributed by atoms with E-state index in [9.17, 15) is 9.59 Å². The van der Waals surface area contributed by atoms with Crippen LogP contribution in [0.5, 0.6) is 0 Å². The minimum absolute atomic E-state index is 0.0899. The molecule has 1 aromatic heterocycles. The Morgan fingerprint density at radius 3 is 2.38 bits per heavy atom. The number of carboxylic acids is 1. The third-order valence-electron chi connectivity index (χ3n) is 3.35. The maximum Gasteiger partial charge on any atom is 0.338 e. The number of anilines is 1. The number of carbonyl (C=O) groups excluding carboxylic acids is 1. The molecule has 0 fully saturated rings. The fourth-order valence-electron chi connectivity index (χ4n) is 2.20. The second-order valence-corrected chi connectivity index (χ2v) is 6.58. The van der Waals surface area contributed by atoms with Crippen LogP contribution in [0.25, 0.3) is 0 Å². The summed E-state index contributed by atoms with van der Waals surface area (Å²) in [5, 5.41) is 12.2. The van der Waals surface area contributed by atoms with Crippen LogP contribution in [0.1, 0.15) is 73.5 Å². The summed E-state index contributed by atoms with van der Waals surface area (Å²) in [6.07, 6.45) is 8.61. The Morgan fingerprint density at radius 2 is 1.76 bits per heavy atom. The standard InChI is InChI=1S/C16H25NO3S/c1-3-4-5-6-7-8-9-10-14(18)17-15-13(16(19)20)11-12(2)21-15/h11H,3-10H2,1-2H3,(H,17,18)(H,19,20). The van der Waals surface area contributed by atoms with Crippen molar-refractivity contribution in [3.63, 3.8) is 0 Å². The third kappa shape index (κ3) is 6.76. The maximum atomic E-state index is 11.8. The van der Waals surface area contributed by atoms with E-state index >= 15 is 0 Å². The fraction of sp³-hybridized carbons (Fsp3) is 0.625. The number of hydrogen-bond acceptors (Lipinski definition) is 3. The van der Waals surface area contributed by atoms with Crippen molar-refractivity contribution in [2.24, 2.45) is 0 Å². The molecule has 0 atom stereocenters. The largest absolute Gasteiger partial charge is 0.478 e. The number of rotatable bonds is 10. The second kappa shape index (κ2) is 9.55. The molecule has 0 aliphatic carbocycles. The Labute approximate surface area is 130 Å². The molecule has 0 unspecified atom stereocenters. The highest BCUT2D eigenvalue weighted by Gasteiger charge is 2.15. The number of carboxylic acid groups (broad SMARTS) is 1. The molecule has 0 saturated carbocycles. The minimum Gasteiger partial charge on any atom is -0.478 e. The van der Waals surface area contributed by atoms with Gasteiger partial charge >= 0.3 is 5.97 Å². The number of carbonyl (C=O) groups is 2. The Bertz CT molecular complexity index is 468. The molecule has 1 aromatic rings. The minimum atomic E-state index is -0.995. The Morgan fingerprint density at radius 1 is 1.14 bits per heavy atom. The quantitative estimate of drug-likeness (QED) is 0.608. The van der Waals surface area contributed by atoms with Gasteiger partial charge in [0.1, 0.15) is 5.00 Å². The molecule has 0 aliphatic rings. The molecule has 0 aliphatic heterocycles. The zero-order chi connectivity index (χ0) is 15.7. The van der Waals surface area contributed by atoms with E-state index in [1.165, 1.54) is 43.4 Å². The van der Waals surface area contributed by atoms with Gasteiger partial charge in [-0.05, 0) is 19.4 Å². The number of hydrogen-bond donors (Lipinski definition) is 2. The summed E-state index contributed by atoms with van der Waals surface area (Å²) in [5.74, 6) is -1.08. The molecule has 1 rings (SSSR count). The van der Waals surface area contributed by atoms with E-state index in [1.807, 2.05) is 6.92 Å². The first kappa shape index (κ1) is 17.7. The van der Waals surface area contributed by atoms with Crippen LogP contribution in [-0.4, -0.2) is 17.0 Å². The van der Waals surface area contributed by atoms with E-state index in [2.05, 4.69) is 12.2 Å². The van der Waals surface area contributed by atoms with Crippen LogP contribution in [0.2, 0.25) is 0 Å². The van der Waals surface area contributed by atoms with Gasteiger partial charge in [-0.2, -0.15) is 0 Å². The highest BCUT2D eigenvalue weighted by molar-refractivity contribution is 7.16. The number of thiophene rings is 1. The number of aromatic carboxylic acids is 1. The van der Waals surface area contributed by atoms with Crippen LogP contribution < -0.4 is 5.32 Å². The molecule has 21 heavy (non-hydrogen) atoms. The van der Waals surface area contributed by atoms with Gasteiger partial charge in [-0.3, -0.25) is 4.79 Å². The van der Waals surface area contributed by atoms with Crippen LogP contribution in [-0.2, 0) is 4.79 Å². The molecule has 118 valence electrons. The summed E-state index contributed by atoms with van der Waals surface area (Å²) in [5.41, 5.74) is 0.186. The lowest BCUT2D eigenvalue weighted by molar-refractivity contribution is -0.116. The van der Waals surface area contributed by atoms with E-state index in [1.54, 1.807) is 6.07 Å². The molecule has 0 saturated heterocycles. The monoisotopic (exact) mass is 311 g/mol. The summed E-state index contributed by atoms with van der Waals surface area (Å²) in [4.78, 5) is 23.8. The number of nitrogens with one attached hydrogen (secondary N) is 1.